The van der Waals surface area contributed by atoms with Gasteiger partial charge in [0, 0.05) is 41.7 Å². The zero-order valence-corrected chi connectivity index (χ0v) is 19.5. The fourth-order valence-corrected chi connectivity index (χ4v) is 5.04. The predicted molar refractivity (Wildman–Crippen MR) is 131 cm³/mol. The first-order chi connectivity index (χ1) is 16.9. The van der Waals surface area contributed by atoms with Gasteiger partial charge in [-0.25, -0.2) is 8.42 Å². The van der Waals surface area contributed by atoms with E-state index < -0.39 is 10.0 Å². The molecule has 0 aliphatic carbocycles. The van der Waals surface area contributed by atoms with Crippen LogP contribution in [0.15, 0.2) is 71.6 Å². The molecular formula is C25H23N3O6S. The van der Waals surface area contributed by atoms with Gasteiger partial charge in [0.25, 0.3) is 15.9 Å². The summed E-state index contributed by atoms with van der Waals surface area (Å²) in [4.78, 5) is 26.5. The Balaban J connectivity index is 1.26. The normalized spacial score (nSPS) is 15.1. The van der Waals surface area contributed by atoms with Crippen LogP contribution in [-0.4, -0.2) is 40.0 Å². The molecule has 2 heterocycles. The van der Waals surface area contributed by atoms with Crippen molar-refractivity contribution in [2.45, 2.75) is 17.7 Å². The summed E-state index contributed by atoms with van der Waals surface area (Å²) in [5, 5.41) is 2.82. The summed E-state index contributed by atoms with van der Waals surface area (Å²) in [6.07, 6.45) is 1.35. The lowest BCUT2D eigenvalue weighted by atomic mass is 10.2. The molecule has 0 unspecified atom stereocenters. The van der Waals surface area contributed by atoms with E-state index in [1.54, 1.807) is 29.2 Å². The quantitative estimate of drug-likeness (QED) is 0.542. The van der Waals surface area contributed by atoms with Crippen molar-refractivity contribution in [3.05, 3.63) is 72.3 Å². The van der Waals surface area contributed by atoms with E-state index in [0.717, 1.165) is 12.1 Å². The zero-order valence-electron chi connectivity index (χ0n) is 18.7. The molecule has 10 heteroatoms. The van der Waals surface area contributed by atoms with Crippen molar-refractivity contribution in [1.29, 1.82) is 0 Å². The molecule has 9 nitrogen and oxygen atoms in total. The Hall–Kier alpha value is -4.05. The van der Waals surface area contributed by atoms with E-state index in [1.165, 1.54) is 36.4 Å². The summed E-state index contributed by atoms with van der Waals surface area (Å²) in [5.74, 6) is 0.603. The molecule has 0 atom stereocenters. The van der Waals surface area contributed by atoms with Crippen LogP contribution in [0.5, 0.6) is 11.5 Å². The molecule has 180 valence electrons. The van der Waals surface area contributed by atoms with E-state index in [-0.39, 0.29) is 16.7 Å². The lowest BCUT2D eigenvalue weighted by Gasteiger charge is -2.19. The van der Waals surface area contributed by atoms with Gasteiger partial charge in [0.15, 0.2) is 11.5 Å². The number of fused-ring (bicyclic) bond motifs is 1. The second-order valence-electron chi connectivity index (χ2n) is 8.14. The van der Waals surface area contributed by atoms with Crippen molar-refractivity contribution in [3.63, 3.8) is 0 Å². The average Bonchev–Trinajstić information content (AvgIpc) is 3.30. The van der Waals surface area contributed by atoms with Crippen LogP contribution in [0.2, 0.25) is 0 Å². The highest BCUT2D eigenvalue weighted by Gasteiger charge is 2.22. The molecule has 1 fully saturated rings. The highest BCUT2D eigenvalue weighted by molar-refractivity contribution is 7.92. The minimum Gasteiger partial charge on any atom is -0.486 e. The van der Waals surface area contributed by atoms with E-state index in [0.29, 0.717) is 54.6 Å². The molecule has 2 aliphatic rings. The van der Waals surface area contributed by atoms with Crippen LogP contribution in [0.3, 0.4) is 0 Å². The van der Waals surface area contributed by atoms with Crippen molar-refractivity contribution in [3.8, 4) is 11.5 Å². The summed E-state index contributed by atoms with van der Waals surface area (Å²) in [6.45, 7) is 1.44. The third-order valence-electron chi connectivity index (χ3n) is 5.71. The molecule has 2 N–H and O–H groups in total. The summed E-state index contributed by atoms with van der Waals surface area (Å²) in [6, 6.07) is 17.7. The number of nitrogens with zero attached hydrogens (tertiary/aromatic N) is 1. The Bertz CT molecular complexity index is 1390. The van der Waals surface area contributed by atoms with Crippen molar-refractivity contribution >= 4 is 38.9 Å². The number of amides is 2. The third kappa shape index (κ3) is 4.92. The molecule has 1 saturated heterocycles. The summed E-state index contributed by atoms with van der Waals surface area (Å²) in [5.41, 5.74) is 1.98. The number of ether oxygens (including phenoxy) is 2. The monoisotopic (exact) mass is 493 g/mol. The zero-order chi connectivity index (χ0) is 24.4. The van der Waals surface area contributed by atoms with Crippen molar-refractivity contribution in [2.75, 3.05) is 34.7 Å². The Morgan fingerprint density at radius 3 is 2.40 bits per heavy atom. The number of carbonyl (C=O) groups is 2. The van der Waals surface area contributed by atoms with Gasteiger partial charge in [-0.2, -0.15) is 0 Å². The second kappa shape index (κ2) is 9.30. The number of nitrogens with one attached hydrogen (secondary N) is 2. The summed E-state index contributed by atoms with van der Waals surface area (Å²) in [7, 11) is -3.86. The van der Waals surface area contributed by atoms with Gasteiger partial charge in [0.2, 0.25) is 5.91 Å². The molecule has 3 aromatic rings. The van der Waals surface area contributed by atoms with Crippen molar-refractivity contribution in [1.82, 2.24) is 0 Å². The molecule has 0 bridgehead atoms. The SMILES string of the molecule is O=C(Nc1cccc(N2CCCC2=O)c1)c1ccc(NS(=O)(=O)c2ccc3c(c2)OCCO3)cc1. The molecule has 2 aliphatic heterocycles. The van der Waals surface area contributed by atoms with Gasteiger partial charge < -0.3 is 19.7 Å². The standard InChI is InChI=1S/C25H23N3O6S/c29-24-5-2-12-28(24)20-4-1-3-19(15-20)26-25(30)17-6-8-18(9-7-17)27-35(31,32)21-10-11-22-23(16-21)34-14-13-33-22/h1,3-4,6-11,15-16,27H,2,5,12-14H2,(H,26,30). The Kier molecular flexibility index (Phi) is 6.04. The van der Waals surface area contributed by atoms with Gasteiger partial charge in [-0.1, -0.05) is 6.07 Å². The maximum Gasteiger partial charge on any atom is 0.262 e. The van der Waals surface area contributed by atoms with Crippen LogP contribution >= 0.6 is 0 Å². The van der Waals surface area contributed by atoms with Crippen LogP contribution < -0.4 is 24.4 Å². The van der Waals surface area contributed by atoms with Crippen LogP contribution in [0.1, 0.15) is 23.2 Å². The van der Waals surface area contributed by atoms with Crippen molar-refractivity contribution in [2.24, 2.45) is 0 Å². The van der Waals surface area contributed by atoms with Gasteiger partial charge >= 0.3 is 0 Å². The minimum absolute atomic E-state index is 0.0416. The molecular weight excluding hydrogens is 470 g/mol. The first kappa shape index (κ1) is 22.7. The number of rotatable bonds is 6. The Morgan fingerprint density at radius 2 is 1.66 bits per heavy atom. The first-order valence-corrected chi connectivity index (χ1v) is 12.6. The van der Waals surface area contributed by atoms with Gasteiger partial charge in [-0.05, 0) is 61.0 Å². The lowest BCUT2D eigenvalue weighted by molar-refractivity contribution is -0.117. The first-order valence-electron chi connectivity index (χ1n) is 11.1. The average molecular weight is 494 g/mol. The highest BCUT2D eigenvalue weighted by Crippen LogP contribution is 2.33. The topological polar surface area (TPSA) is 114 Å². The molecule has 0 radical (unpaired) electrons. The third-order valence-corrected chi connectivity index (χ3v) is 7.09. The molecule has 2 amide bonds. The molecule has 35 heavy (non-hydrogen) atoms. The molecule has 3 aromatic carbocycles. The number of benzene rings is 3. The van der Waals surface area contributed by atoms with E-state index in [9.17, 15) is 18.0 Å². The highest BCUT2D eigenvalue weighted by atomic mass is 32.2. The predicted octanol–water partition coefficient (Wildman–Crippen LogP) is 3.64. The minimum atomic E-state index is -3.86. The van der Waals surface area contributed by atoms with Crippen molar-refractivity contribution < 1.29 is 27.5 Å². The number of sulfonamides is 1. The Labute approximate surface area is 202 Å². The number of hydrogen-bond donors (Lipinski definition) is 2. The van der Waals surface area contributed by atoms with Gasteiger partial charge in [0.1, 0.15) is 13.2 Å². The molecule has 5 rings (SSSR count). The molecule has 0 saturated carbocycles. The van der Waals surface area contributed by atoms with E-state index >= 15 is 0 Å². The maximum atomic E-state index is 12.8. The van der Waals surface area contributed by atoms with Gasteiger partial charge in [-0.15, -0.1) is 0 Å². The Morgan fingerprint density at radius 1 is 0.886 bits per heavy atom. The van der Waals surface area contributed by atoms with Crippen LogP contribution in [-0.2, 0) is 14.8 Å². The largest absolute Gasteiger partial charge is 0.486 e. The number of hydrogen-bond acceptors (Lipinski definition) is 6. The molecule has 0 aromatic heterocycles. The van der Waals surface area contributed by atoms with E-state index in [4.69, 9.17) is 9.47 Å². The van der Waals surface area contributed by atoms with Gasteiger partial charge in [0.05, 0.1) is 4.90 Å². The number of anilines is 3. The van der Waals surface area contributed by atoms with Gasteiger partial charge in [-0.3, -0.25) is 14.3 Å². The summed E-state index contributed by atoms with van der Waals surface area (Å²) < 4.78 is 39.0. The summed E-state index contributed by atoms with van der Waals surface area (Å²) >= 11 is 0. The fourth-order valence-electron chi connectivity index (χ4n) is 3.97. The van der Waals surface area contributed by atoms with Crippen LogP contribution in [0.4, 0.5) is 17.1 Å². The lowest BCUT2D eigenvalue weighted by Crippen LogP contribution is -2.23. The van der Waals surface area contributed by atoms with Crippen LogP contribution in [0.25, 0.3) is 0 Å². The second-order valence-corrected chi connectivity index (χ2v) is 9.82. The number of carbonyl (C=O) groups excluding carboxylic acids is 2. The van der Waals surface area contributed by atoms with E-state index in [2.05, 4.69) is 10.0 Å². The fraction of sp³-hybridized carbons (Fsp3) is 0.200. The maximum absolute atomic E-state index is 12.8. The van der Waals surface area contributed by atoms with Crippen LogP contribution in [0, 0.1) is 0 Å². The smallest absolute Gasteiger partial charge is 0.262 e. The molecule has 0 spiro atoms. The van der Waals surface area contributed by atoms with E-state index in [1.807, 2.05) is 6.07 Å².